The molecule has 0 amide bonds. The van der Waals surface area contributed by atoms with Gasteiger partial charge in [0.2, 0.25) is 0 Å². The zero-order valence-corrected chi connectivity index (χ0v) is 9.16. The third-order valence-electron chi connectivity index (χ3n) is 1.56. The van der Waals surface area contributed by atoms with Crippen LogP contribution >= 0.6 is 0 Å². The molecule has 4 heteroatoms. The third-order valence-corrected chi connectivity index (χ3v) is 1.56. The molecule has 4 nitrogen and oxygen atoms in total. The SMILES string of the molecule is COC(OC)C(C)NOCC(C)C. The van der Waals surface area contributed by atoms with E-state index in [9.17, 15) is 0 Å². The number of rotatable bonds is 7. The first-order chi connectivity index (χ1) is 6.11. The normalized spacial score (nSPS) is 14.1. The summed E-state index contributed by atoms with van der Waals surface area (Å²) in [5, 5.41) is 0. The van der Waals surface area contributed by atoms with E-state index in [1.807, 2.05) is 6.92 Å². The fourth-order valence-electron chi connectivity index (χ4n) is 0.906. The predicted octanol–water partition coefficient (Wildman–Crippen LogP) is 1.17. The molecule has 0 rings (SSSR count). The fourth-order valence-corrected chi connectivity index (χ4v) is 0.906. The van der Waals surface area contributed by atoms with Crippen molar-refractivity contribution in [1.82, 2.24) is 5.48 Å². The van der Waals surface area contributed by atoms with E-state index in [2.05, 4.69) is 19.3 Å². The lowest BCUT2D eigenvalue weighted by atomic mass is 10.2. The summed E-state index contributed by atoms with van der Waals surface area (Å²) >= 11 is 0. The molecule has 13 heavy (non-hydrogen) atoms. The van der Waals surface area contributed by atoms with E-state index in [-0.39, 0.29) is 12.3 Å². The summed E-state index contributed by atoms with van der Waals surface area (Å²) in [5.41, 5.74) is 2.87. The second kappa shape index (κ2) is 7.26. The van der Waals surface area contributed by atoms with Gasteiger partial charge in [0.15, 0.2) is 6.29 Å². The lowest BCUT2D eigenvalue weighted by Gasteiger charge is -2.22. The van der Waals surface area contributed by atoms with Crippen LogP contribution in [-0.4, -0.2) is 33.2 Å². The molecule has 1 N–H and O–H groups in total. The highest BCUT2D eigenvalue weighted by molar-refractivity contribution is 4.58. The minimum atomic E-state index is -0.271. The topological polar surface area (TPSA) is 39.7 Å². The Morgan fingerprint density at radius 3 is 2.00 bits per heavy atom. The van der Waals surface area contributed by atoms with Crippen LogP contribution in [0.1, 0.15) is 20.8 Å². The maximum atomic E-state index is 5.23. The molecular weight excluding hydrogens is 170 g/mol. The highest BCUT2D eigenvalue weighted by Gasteiger charge is 2.15. The molecule has 0 heterocycles. The summed E-state index contributed by atoms with van der Waals surface area (Å²) in [7, 11) is 3.21. The van der Waals surface area contributed by atoms with Gasteiger partial charge < -0.3 is 14.3 Å². The molecule has 0 aromatic rings. The smallest absolute Gasteiger partial charge is 0.173 e. The van der Waals surface area contributed by atoms with Gasteiger partial charge in [-0.1, -0.05) is 13.8 Å². The maximum absolute atomic E-state index is 5.23. The van der Waals surface area contributed by atoms with Crippen LogP contribution in [0.3, 0.4) is 0 Å². The van der Waals surface area contributed by atoms with Crippen LogP contribution in [-0.2, 0) is 14.3 Å². The van der Waals surface area contributed by atoms with Gasteiger partial charge in [-0.15, -0.1) is 0 Å². The highest BCUT2D eigenvalue weighted by atomic mass is 16.7. The average Bonchev–Trinajstić information content (AvgIpc) is 2.05. The van der Waals surface area contributed by atoms with Gasteiger partial charge in [-0.3, -0.25) is 0 Å². The molecule has 0 aromatic heterocycles. The van der Waals surface area contributed by atoms with Gasteiger partial charge in [-0.05, 0) is 12.8 Å². The van der Waals surface area contributed by atoms with E-state index in [0.717, 1.165) is 0 Å². The summed E-state index contributed by atoms with van der Waals surface area (Å²) in [6.07, 6.45) is -0.271. The van der Waals surface area contributed by atoms with Crippen LogP contribution in [0.2, 0.25) is 0 Å². The Morgan fingerprint density at radius 1 is 1.08 bits per heavy atom. The lowest BCUT2D eigenvalue weighted by Crippen LogP contribution is -2.40. The van der Waals surface area contributed by atoms with Crippen LogP contribution in [0.4, 0.5) is 0 Å². The molecule has 0 fully saturated rings. The molecule has 0 aliphatic heterocycles. The van der Waals surface area contributed by atoms with Crippen molar-refractivity contribution >= 4 is 0 Å². The van der Waals surface area contributed by atoms with Gasteiger partial charge in [0.05, 0.1) is 12.6 Å². The predicted molar refractivity (Wildman–Crippen MR) is 51.2 cm³/mol. The largest absolute Gasteiger partial charge is 0.354 e. The first-order valence-electron chi connectivity index (χ1n) is 4.54. The second-order valence-electron chi connectivity index (χ2n) is 3.45. The third kappa shape index (κ3) is 5.99. The summed E-state index contributed by atoms with van der Waals surface area (Å²) in [6.45, 7) is 6.81. The van der Waals surface area contributed by atoms with Crippen molar-refractivity contribution < 1.29 is 14.3 Å². The van der Waals surface area contributed by atoms with Crippen molar-refractivity contribution in [3.05, 3.63) is 0 Å². The number of methoxy groups -OCH3 is 2. The van der Waals surface area contributed by atoms with Gasteiger partial charge in [-0.2, -0.15) is 5.48 Å². The molecule has 80 valence electrons. The van der Waals surface area contributed by atoms with E-state index < -0.39 is 0 Å². The highest BCUT2D eigenvalue weighted by Crippen LogP contribution is 1.99. The maximum Gasteiger partial charge on any atom is 0.173 e. The molecule has 0 bridgehead atoms. The van der Waals surface area contributed by atoms with E-state index >= 15 is 0 Å². The molecule has 0 aromatic carbocycles. The molecule has 0 saturated carbocycles. The average molecular weight is 191 g/mol. The Bertz CT molecular complexity index is 115. The van der Waals surface area contributed by atoms with Crippen LogP contribution in [0.25, 0.3) is 0 Å². The van der Waals surface area contributed by atoms with Crippen LogP contribution in [0.5, 0.6) is 0 Å². The quantitative estimate of drug-likeness (QED) is 0.484. The second-order valence-corrected chi connectivity index (χ2v) is 3.45. The van der Waals surface area contributed by atoms with Crippen molar-refractivity contribution in [2.24, 2.45) is 5.92 Å². The monoisotopic (exact) mass is 191 g/mol. The lowest BCUT2D eigenvalue weighted by molar-refractivity contribution is -0.148. The minimum absolute atomic E-state index is 0.0220. The van der Waals surface area contributed by atoms with Gasteiger partial charge in [0.25, 0.3) is 0 Å². The molecule has 1 unspecified atom stereocenters. The van der Waals surface area contributed by atoms with E-state index in [1.54, 1.807) is 14.2 Å². The van der Waals surface area contributed by atoms with Crippen LogP contribution in [0, 0.1) is 5.92 Å². The van der Waals surface area contributed by atoms with E-state index in [0.29, 0.717) is 12.5 Å². The Labute approximate surface area is 80.5 Å². The van der Waals surface area contributed by atoms with Gasteiger partial charge >= 0.3 is 0 Å². The van der Waals surface area contributed by atoms with E-state index in [1.165, 1.54) is 0 Å². The summed E-state index contributed by atoms with van der Waals surface area (Å²) in [4.78, 5) is 5.23. The standard InChI is InChI=1S/C9H21NO3/c1-7(2)6-13-10-8(3)9(11-4)12-5/h7-10H,6H2,1-5H3. The Kier molecular flexibility index (Phi) is 7.17. The van der Waals surface area contributed by atoms with Crippen molar-refractivity contribution in [2.45, 2.75) is 33.1 Å². The molecule has 1 atom stereocenters. The summed E-state index contributed by atoms with van der Waals surface area (Å²) in [5.74, 6) is 0.517. The number of hydrogen-bond donors (Lipinski definition) is 1. The zero-order valence-electron chi connectivity index (χ0n) is 9.16. The van der Waals surface area contributed by atoms with Crippen LogP contribution < -0.4 is 5.48 Å². The molecular formula is C9H21NO3. The Balaban J connectivity index is 3.53. The first-order valence-corrected chi connectivity index (χ1v) is 4.54. The van der Waals surface area contributed by atoms with Crippen molar-refractivity contribution in [2.75, 3.05) is 20.8 Å². The van der Waals surface area contributed by atoms with Crippen molar-refractivity contribution in [1.29, 1.82) is 0 Å². The van der Waals surface area contributed by atoms with E-state index in [4.69, 9.17) is 14.3 Å². The summed E-state index contributed by atoms with van der Waals surface area (Å²) < 4.78 is 10.1. The number of ether oxygens (including phenoxy) is 2. The van der Waals surface area contributed by atoms with Gasteiger partial charge in [0, 0.05) is 14.2 Å². The Hall–Kier alpha value is -0.160. The van der Waals surface area contributed by atoms with Crippen molar-refractivity contribution in [3.63, 3.8) is 0 Å². The Morgan fingerprint density at radius 2 is 1.62 bits per heavy atom. The molecule has 0 saturated heterocycles. The minimum Gasteiger partial charge on any atom is -0.354 e. The molecule has 0 aliphatic carbocycles. The zero-order chi connectivity index (χ0) is 10.3. The van der Waals surface area contributed by atoms with Gasteiger partial charge in [-0.25, -0.2) is 0 Å². The molecule has 0 spiro atoms. The van der Waals surface area contributed by atoms with Crippen molar-refractivity contribution in [3.8, 4) is 0 Å². The number of hydrogen-bond acceptors (Lipinski definition) is 4. The number of nitrogens with one attached hydrogen (secondary N) is 1. The van der Waals surface area contributed by atoms with Crippen LogP contribution in [0.15, 0.2) is 0 Å². The molecule has 0 radical (unpaired) electrons. The summed E-state index contributed by atoms with van der Waals surface area (Å²) in [6, 6.07) is 0.0220. The number of hydroxylamine groups is 1. The fraction of sp³-hybridized carbons (Fsp3) is 1.00. The van der Waals surface area contributed by atoms with Gasteiger partial charge in [0.1, 0.15) is 0 Å². The molecule has 0 aliphatic rings. The first kappa shape index (κ1) is 12.8.